The molecule has 0 amide bonds. The van der Waals surface area contributed by atoms with Crippen LogP contribution < -0.4 is 10.2 Å². The van der Waals surface area contributed by atoms with E-state index in [1.807, 2.05) is 6.07 Å². The molecule has 2 rings (SSSR count). The van der Waals surface area contributed by atoms with Gasteiger partial charge in [0.2, 0.25) is 0 Å². The zero-order valence-corrected chi connectivity index (χ0v) is 13.2. The lowest BCUT2D eigenvalue weighted by Crippen LogP contribution is -2.29. The molecule has 112 valence electrons. The molecule has 1 atom stereocenters. The maximum atomic E-state index is 6.16. The van der Waals surface area contributed by atoms with Gasteiger partial charge >= 0.3 is 0 Å². The Morgan fingerprint density at radius 2 is 2.30 bits per heavy atom. The van der Waals surface area contributed by atoms with Crippen LogP contribution in [0.5, 0.6) is 0 Å². The molecule has 0 radical (unpaired) electrons. The molecule has 1 N–H and O–H groups in total. The molecule has 0 saturated carbocycles. The maximum absolute atomic E-state index is 6.16. The van der Waals surface area contributed by atoms with Crippen molar-refractivity contribution in [1.29, 1.82) is 0 Å². The SMILES string of the molecule is CCCNCc1ccc(Cl)cc1N(C)CC1CCCO1. The zero-order valence-electron chi connectivity index (χ0n) is 12.5. The van der Waals surface area contributed by atoms with E-state index in [-0.39, 0.29) is 0 Å². The van der Waals surface area contributed by atoms with Gasteiger partial charge in [0, 0.05) is 37.5 Å². The second kappa shape index (κ2) is 7.87. The van der Waals surface area contributed by atoms with Gasteiger partial charge in [-0.1, -0.05) is 24.6 Å². The van der Waals surface area contributed by atoms with Gasteiger partial charge in [0.25, 0.3) is 0 Å². The predicted molar refractivity (Wildman–Crippen MR) is 85.7 cm³/mol. The largest absolute Gasteiger partial charge is 0.376 e. The fourth-order valence-electron chi connectivity index (χ4n) is 2.63. The molecule has 0 aromatic heterocycles. The lowest BCUT2D eigenvalue weighted by Gasteiger charge is -2.25. The second-order valence-corrected chi connectivity index (χ2v) is 5.90. The van der Waals surface area contributed by atoms with Crippen molar-refractivity contribution in [2.45, 2.75) is 38.8 Å². The number of likely N-dealkylation sites (N-methyl/N-ethyl adjacent to an activating group) is 1. The van der Waals surface area contributed by atoms with E-state index in [0.29, 0.717) is 6.10 Å². The van der Waals surface area contributed by atoms with Crippen LogP contribution in [0.1, 0.15) is 31.7 Å². The summed E-state index contributed by atoms with van der Waals surface area (Å²) in [4.78, 5) is 2.27. The number of rotatable bonds is 7. The number of hydrogen-bond donors (Lipinski definition) is 1. The second-order valence-electron chi connectivity index (χ2n) is 5.47. The predicted octanol–water partition coefficient (Wildman–Crippen LogP) is 3.45. The summed E-state index contributed by atoms with van der Waals surface area (Å²) in [6, 6.07) is 6.14. The smallest absolute Gasteiger partial charge is 0.0750 e. The van der Waals surface area contributed by atoms with E-state index in [0.717, 1.165) is 44.1 Å². The molecule has 3 nitrogen and oxygen atoms in total. The Balaban J connectivity index is 2.04. The lowest BCUT2D eigenvalue weighted by molar-refractivity contribution is 0.116. The summed E-state index contributed by atoms with van der Waals surface area (Å²) in [7, 11) is 2.12. The van der Waals surface area contributed by atoms with E-state index in [4.69, 9.17) is 16.3 Å². The molecule has 1 aliphatic heterocycles. The molecule has 1 aromatic carbocycles. The van der Waals surface area contributed by atoms with Crippen LogP contribution in [0.4, 0.5) is 5.69 Å². The van der Waals surface area contributed by atoms with Crippen LogP contribution in [-0.4, -0.2) is 32.8 Å². The van der Waals surface area contributed by atoms with Crippen LogP contribution >= 0.6 is 11.6 Å². The van der Waals surface area contributed by atoms with Gasteiger partial charge in [0.15, 0.2) is 0 Å². The highest BCUT2D eigenvalue weighted by atomic mass is 35.5. The van der Waals surface area contributed by atoms with Gasteiger partial charge in [-0.05, 0) is 43.5 Å². The highest BCUT2D eigenvalue weighted by Crippen LogP contribution is 2.25. The van der Waals surface area contributed by atoms with Crippen LogP contribution in [0, 0.1) is 0 Å². The number of anilines is 1. The molecule has 1 aliphatic rings. The van der Waals surface area contributed by atoms with Gasteiger partial charge in [0.05, 0.1) is 6.10 Å². The van der Waals surface area contributed by atoms with Gasteiger partial charge < -0.3 is 15.0 Å². The highest BCUT2D eigenvalue weighted by molar-refractivity contribution is 6.30. The maximum Gasteiger partial charge on any atom is 0.0750 e. The average Bonchev–Trinajstić information content (AvgIpc) is 2.93. The zero-order chi connectivity index (χ0) is 14.4. The van der Waals surface area contributed by atoms with Crippen molar-refractivity contribution in [2.24, 2.45) is 0 Å². The molecular formula is C16H25ClN2O. The monoisotopic (exact) mass is 296 g/mol. The molecule has 1 heterocycles. The number of nitrogens with zero attached hydrogens (tertiary/aromatic N) is 1. The van der Waals surface area contributed by atoms with Crippen molar-refractivity contribution in [3.8, 4) is 0 Å². The number of ether oxygens (including phenoxy) is 1. The van der Waals surface area contributed by atoms with Crippen LogP contribution in [0.15, 0.2) is 18.2 Å². The van der Waals surface area contributed by atoms with Gasteiger partial charge in [-0.3, -0.25) is 0 Å². The third-order valence-electron chi connectivity index (χ3n) is 3.70. The Bertz CT molecular complexity index is 419. The Labute approximate surface area is 127 Å². The van der Waals surface area contributed by atoms with Crippen molar-refractivity contribution in [3.05, 3.63) is 28.8 Å². The van der Waals surface area contributed by atoms with E-state index in [2.05, 4.69) is 36.3 Å². The van der Waals surface area contributed by atoms with Gasteiger partial charge in [-0.25, -0.2) is 0 Å². The fourth-order valence-corrected chi connectivity index (χ4v) is 2.80. The first-order valence-electron chi connectivity index (χ1n) is 7.52. The van der Waals surface area contributed by atoms with E-state index in [1.54, 1.807) is 0 Å². The molecule has 0 aliphatic carbocycles. The van der Waals surface area contributed by atoms with Gasteiger partial charge in [-0.15, -0.1) is 0 Å². The van der Waals surface area contributed by atoms with Gasteiger partial charge in [0.1, 0.15) is 0 Å². The number of nitrogens with one attached hydrogen (secondary N) is 1. The molecule has 1 unspecified atom stereocenters. The normalized spacial score (nSPS) is 18.4. The van der Waals surface area contributed by atoms with E-state index < -0.39 is 0 Å². The summed E-state index contributed by atoms with van der Waals surface area (Å²) in [6.07, 6.45) is 3.84. The topological polar surface area (TPSA) is 24.5 Å². The Hall–Kier alpha value is -0.770. The summed E-state index contributed by atoms with van der Waals surface area (Å²) in [6.45, 7) is 5.94. The molecule has 1 aromatic rings. The molecule has 0 bridgehead atoms. The summed E-state index contributed by atoms with van der Waals surface area (Å²) in [5.41, 5.74) is 2.50. The third-order valence-corrected chi connectivity index (χ3v) is 3.94. The molecule has 20 heavy (non-hydrogen) atoms. The minimum atomic E-state index is 0.357. The minimum absolute atomic E-state index is 0.357. The standard InChI is InChI=1S/C16H25ClN2O/c1-3-8-18-11-13-6-7-14(17)10-16(13)19(2)12-15-5-4-9-20-15/h6-7,10,15,18H,3-5,8-9,11-12H2,1-2H3. The first kappa shape index (κ1) is 15.6. The quantitative estimate of drug-likeness (QED) is 0.780. The third kappa shape index (κ3) is 4.37. The highest BCUT2D eigenvalue weighted by Gasteiger charge is 2.19. The van der Waals surface area contributed by atoms with E-state index in [1.165, 1.54) is 17.7 Å². The average molecular weight is 297 g/mol. The van der Waals surface area contributed by atoms with E-state index >= 15 is 0 Å². The summed E-state index contributed by atoms with van der Waals surface area (Å²) in [5, 5.41) is 4.25. The summed E-state index contributed by atoms with van der Waals surface area (Å²) in [5.74, 6) is 0. The van der Waals surface area contributed by atoms with E-state index in [9.17, 15) is 0 Å². The number of halogens is 1. The van der Waals surface area contributed by atoms with Crippen molar-refractivity contribution in [1.82, 2.24) is 5.32 Å². The van der Waals surface area contributed by atoms with Gasteiger partial charge in [-0.2, -0.15) is 0 Å². The minimum Gasteiger partial charge on any atom is -0.376 e. The molecule has 0 spiro atoms. The van der Waals surface area contributed by atoms with Crippen LogP contribution in [-0.2, 0) is 11.3 Å². The molecule has 1 saturated heterocycles. The molecule has 4 heteroatoms. The Morgan fingerprint density at radius 3 is 3.00 bits per heavy atom. The van der Waals surface area contributed by atoms with Crippen molar-refractivity contribution in [3.63, 3.8) is 0 Å². The van der Waals surface area contributed by atoms with Crippen molar-refractivity contribution in [2.75, 3.05) is 31.6 Å². The Kier molecular flexibility index (Phi) is 6.14. The van der Waals surface area contributed by atoms with Crippen LogP contribution in [0.2, 0.25) is 5.02 Å². The van der Waals surface area contributed by atoms with Crippen LogP contribution in [0.3, 0.4) is 0 Å². The fraction of sp³-hybridized carbons (Fsp3) is 0.625. The van der Waals surface area contributed by atoms with Crippen molar-refractivity contribution >= 4 is 17.3 Å². The lowest BCUT2D eigenvalue weighted by atomic mass is 10.1. The number of benzene rings is 1. The first-order chi connectivity index (χ1) is 9.70. The first-order valence-corrected chi connectivity index (χ1v) is 7.90. The molecular weight excluding hydrogens is 272 g/mol. The molecule has 1 fully saturated rings. The van der Waals surface area contributed by atoms with Crippen molar-refractivity contribution < 1.29 is 4.74 Å². The summed E-state index contributed by atoms with van der Waals surface area (Å²) < 4.78 is 5.72. The summed E-state index contributed by atoms with van der Waals surface area (Å²) >= 11 is 6.16. The number of hydrogen-bond acceptors (Lipinski definition) is 3. The van der Waals surface area contributed by atoms with Crippen LogP contribution in [0.25, 0.3) is 0 Å². The Morgan fingerprint density at radius 1 is 1.45 bits per heavy atom.